The highest BCUT2D eigenvalue weighted by atomic mass is 32.2. The number of fused-ring (bicyclic) bond motifs is 1. The van der Waals surface area contributed by atoms with Crippen molar-refractivity contribution in [3.8, 4) is 11.5 Å². The van der Waals surface area contributed by atoms with Gasteiger partial charge in [-0.1, -0.05) is 12.1 Å². The zero-order chi connectivity index (χ0) is 17.5. The summed E-state index contributed by atoms with van der Waals surface area (Å²) in [6.07, 6.45) is -4.88. The Bertz CT molecular complexity index is 893. The van der Waals surface area contributed by atoms with Crippen LogP contribution >= 0.6 is 0 Å². The Balaban J connectivity index is 1.98. The summed E-state index contributed by atoms with van der Waals surface area (Å²) in [4.78, 5) is 12.4. The molecule has 1 aliphatic rings. The molecule has 126 valence electrons. The van der Waals surface area contributed by atoms with Crippen LogP contribution in [0.2, 0.25) is 0 Å². The smallest absolute Gasteiger partial charge is 0.406 e. The highest BCUT2D eigenvalue weighted by molar-refractivity contribution is 7.89. The predicted octanol–water partition coefficient (Wildman–Crippen LogP) is 2.87. The molecule has 0 saturated heterocycles. The Kier molecular flexibility index (Phi) is 3.63. The first-order valence-electron chi connectivity index (χ1n) is 6.41. The van der Waals surface area contributed by atoms with Gasteiger partial charge in [-0.05, 0) is 36.4 Å². The SMILES string of the molecule is O=C1c2ccccc2OS(=O)(=O)N1c1ccc(OC(F)(F)F)cc1. The molecule has 10 heteroatoms. The van der Waals surface area contributed by atoms with E-state index >= 15 is 0 Å². The maximum atomic E-state index is 12.4. The fourth-order valence-electron chi connectivity index (χ4n) is 2.11. The minimum absolute atomic E-state index is 0.0166. The van der Waals surface area contributed by atoms with E-state index in [0.29, 0.717) is 4.31 Å². The van der Waals surface area contributed by atoms with Gasteiger partial charge in [-0.15, -0.1) is 13.2 Å². The number of ether oxygens (including phenoxy) is 1. The van der Waals surface area contributed by atoms with Crippen molar-refractivity contribution >= 4 is 21.9 Å². The van der Waals surface area contributed by atoms with Gasteiger partial charge >= 0.3 is 16.7 Å². The van der Waals surface area contributed by atoms with E-state index in [1.807, 2.05) is 0 Å². The van der Waals surface area contributed by atoms with Crippen molar-refractivity contribution in [2.45, 2.75) is 6.36 Å². The number of nitrogens with zero attached hydrogens (tertiary/aromatic N) is 1. The molecular formula is C14H8F3NO5S. The van der Waals surface area contributed by atoms with E-state index < -0.39 is 28.3 Å². The third-order valence-electron chi connectivity index (χ3n) is 3.03. The number of hydrogen-bond donors (Lipinski definition) is 0. The second-order valence-corrected chi connectivity index (χ2v) is 6.04. The van der Waals surface area contributed by atoms with Crippen molar-refractivity contribution in [1.29, 1.82) is 0 Å². The van der Waals surface area contributed by atoms with Gasteiger partial charge in [0.15, 0.2) is 5.75 Å². The number of rotatable bonds is 2. The molecule has 6 nitrogen and oxygen atoms in total. The lowest BCUT2D eigenvalue weighted by Crippen LogP contribution is -2.43. The van der Waals surface area contributed by atoms with Crippen LogP contribution < -0.4 is 13.2 Å². The number of amides is 1. The average molecular weight is 359 g/mol. The highest BCUT2D eigenvalue weighted by Crippen LogP contribution is 2.33. The summed E-state index contributed by atoms with van der Waals surface area (Å²) >= 11 is 0. The fraction of sp³-hybridized carbons (Fsp3) is 0.0714. The molecule has 0 N–H and O–H groups in total. The number of benzene rings is 2. The molecular weight excluding hydrogens is 351 g/mol. The fourth-order valence-corrected chi connectivity index (χ4v) is 3.24. The molecule has 0 atom stereocenters. The lowest BCUT2D eigenvalue weighted by atomic mass is 10.2. The highest BCUT2D eigenvalue weighted by Gasteiger charge is 2.39. The molecule has 3 rings (SSSR count). The van der Waals surface area contributed by atoms with Crippen molar-refractivity contribution in [2.24, 2.45) is 0 Å². The summed E-state index contributed by atoms with van der Waals surface area (Å²) in [5, 5.41) is 0. The number of para-hydroxylation sites is 1. The van der Waals surface area contributed by atoms with Gasteiger partial charge in [0.2, 0.25) is 0 Å². The van der Waals surface area contributed by atoms with Crippen LogP contribution in [-0.2, 0) is 10.3 Å². The summed E-state index contributed by atoms with van der Waals surface area (Å²) in [5.41, 5.74) is -0.160. The van der Waals surface area contributed by atoms with Crippen LogP contribution in [0, 0.1) is 0 Å². The molecule has 1 amide bonds. The van der Waals surface area contributed by atoms with E-state index in [-0.39, 0.29) is 17.0 Å². The first-order chi connectivity index (χ1) is 11.2. The molecule has 0 bridgehead atoms. The standard InChI is InChI=1S/C14H8F3NO5S/c15-14(16,17)22-10-7-5-9(6-8-10)18-13(19)11-3-1-2-4-12(11)23-24(18,20)21/h1-8H. The molecule has 0 unspecified atom stereocenters. The zero-order valence-electron chi connectivity index (χ0n) is 11.6. The van der Waals surface area contributed by atoms with E-state index in [1.54, 1.807) is 0 Å². The summed E-state index contributed by atoms with van der Waals surface area (Å²) in [6, 6.07) is 9.53. The number of halogens is 3. The van der Waals surface area contributed by atoms with Crippen molar-refractivity contribution < 1.29 is 35.3 Å². The first kappa shape index (κ1) is 16.1. The number of anilines is 1. The van der Waals surface area contributed by atoms with Gasteiger partial charge in [0.1, 0.15) is 5.75 Å². The van der Waals surface area contributed by atoms with Gasteiger partial charge in [0.25, 0.3) is 5.91 Å². The number of carbonyl (C=O) groups is 1. The molecule has 2 aromatic carbocycles. The first-order valence-corrected chi connectivity index (χ1v) is 7.78. The summed E-state index contributed by atoms with van der Waals surface area (Å²) in [7, 11) is -4.47. The van der Waals surface area contributed by atoms with Gasteiger partial charge < -0.3 is 8.92 Å². The maximum absolute atomic E-state index is 12.4. The molecule has 0 fully saturated rings. The Hall–Kier alpha value is -2.75. The van der Waals surface area contributed by atoms with E-state index in [4.69, 9.17) is 4.18 Å². The summed E-state index contributed by atoms with van der Waals surface area (Å²) in [5.74, 6) is -1.54. The van der Waals surface area contributed by atoms with Crippen LogP contribution in [-0.4, -0.2) is 20.7 Å². The molecule has 2 aromatic rings. The lowest BCUT2D eigenvalue weighted by molar-refractivity contribution is -0.274. The van der Waals surface area contributed by atoms with E-state index in [9.17, 15) is 26.4 Å². The Morgan fingerprint density at radius 2 is 1.62 bits per heavy atom. The Labute approximate surface area is 134 Å². The van der Waals surface area contributed by atoms with Gasteiger partial charge in [-0.2, -0.15) is 12.7 Å². The summed E-state index contributed by atoms with van der Waals surface area (Å²) < 4.78 is 69.6. The molecule has 1 heterocycles. The topological polar surface area (TPSA) is 72.9 Å². The Morgan fingerprint density at radius 1 is 1.00 bits per heavy atom. The average Bonchev–Trinajstić information content (AvgIpc) is 2.46. The van der Waals surface area contributed by atoms with Crippen molar-refractivity contribution in [3.05, 3.63) is 54.1 Å². The number of carbonyl (C=O) groups excluding carboxylic acids is 1. The van der Waals surface area contributed by atoms with E-state index in [0.717, 1.165) is 24.3 Å². The second kappa shape index (κ2) is 5.41. The van der Waals surface area contributed by atoms with Gasteiger partial charge in [0, 0.05) is 0 Å². The maximum Gasteiger partial charge on any atom is 0.573 e. The third-order valence-corrected chi connectivity index (χ3v) is 4.24. The van der Waals surface area contributed by atoms with Gasteiger partial charge in [0.05, 0.1) is 11.3 Å². The zero-order valence-corrected chi connectivity index (χ0v) is 12.5. The van der Waals surface area contributed by atoms with Crippen LogP contribution in [0.3, 0.4) is 0 Å². The van der Waals surface area contributed by atoms with E-state index in [1.165, 1.54) is 24.3 Å². The third kappa shape index (κ3) is 3.00. The van der Waals surface area contributed by atoms with Crippen LogP contribution in [0.25, 0.3) is 0 Å². The molecule has 24 heavy (non-hydrogen) atoms. The molecule has 0 aromatic heterocycles. The minimum atomic E-state index is -4.88. The molecule has 1 aliphatic heterocycles. The van der Waals surface area contributed by atoms with Crippen molar-refractivity contribution in [3.63, 3.8) is 0 Å². The van der Waals surface area contributed by atoms with Crippen LogP contribution in [0.15, 0.2) is 48.5 Å². The predicted molar refractivity (Wildman–Crippen MR) is 75.9 cm³/mol. The lowest BCUT2D eigenvalue weighted by Gasteiger charge is -2.27. The van der Waals surface area contributed by atoms with Gasteiger partial charge in [-0.25, -0.2) is 0 Å². The normalized spacial score (nSPS) is 16.3. The minimum Gasteiger partial charge on any atom is -0.406 e. The summed E-state index contributed by atoms with van der Waals surface area (Å²) in [6.45, 7) is 0. The second-order valence-electron chi connectivity index (χ2n) is 4.65. The number of hydrogen-bond acceptors (Lipinski definition) is 5. The monoisotopic (exact) mass is 359 g/mol. The van der Waals surface area contributed by atoms with Crippen LogP contribution in [0.1, 0.15) is 10.4 Å². The van der Waals surface area contributed by atoms with Crippen LogP contribution in [0.4, 0.5) is 18.9 Å². The molecule has 0 saturated carbocycles. The molecule has 0 radical (unpaired) electrons. The largest absolute Gasteiger partial charge is 0.573 e. The van der Waals surface area contributed by atoms with E-state index in [2.05, 4.69) is 4.74 Å². The number of alkyl halides is 3. The van der Waals surface area contributed by atoms with Crippen LogP contribution in [0.5, 0.6) is 11.5 Å². The quantitative estimate of drug-likeness (QED) is 0.824. The van der Waals surface area contributed by atoms with Crippen molar-refractivity contribution in [2.75, 3.05) is 4.31 Å². The van der Waals surface area contributed by atoms with Gasteiger partial charge in [-0.3, -0.25) is 4.79 Å². The van der Waals surface area contributed by atoms with Crippen molar-refractivity contribution in [1.82, 2.24) is 0 Å². The Morgan fingerprint density at radius 3 is 2.25 bits per heavy atom. The molecule has 0 aliphatic carbocycles. The molecule has 0 spiro atoms.